The van der Waals surface area contributed by atoms with E-state index in [0.717, 1.165) is 11.3 Å². The van der Waals surface area contributed by atoms with E-state index in [1.54, 1.807) is 23.2 Å². The van der Waals surface area contributed by atoms with Crippen molar-refractivity contribution >= 4 is 11.7 Å². The second-order valence-electron chi connectivity index (χ2n) is 7.68. The normalized spacial score (nSPS) is 10.5. The van der Waals surface area contributed by atoms with E-state index < -0.39 is 0 Å². The lowest BCUT2D eigenvalue weighted by Gasteiger charge is -2.25. The summed E-state index contributed by atoms with van der Waals surface area (Å²) >= 11 is 0. The Bertz CT molecular complexity index is 1040. The Labute approximate surface area is 178 Å². The standard InChI is InChI=1S/C24H27N5O/c1-18-7-6-8-19(2)23(18)16-28(5)24(30)27(4)14-22-15-29(17-26-22)13-20-9-11-21(25-3)12-10-20/h6-12,15,17H,13-14,16H2,1-2,4-5H3. The second kappa shape index (κ2) is 9.27. The molecule has 0 saturated heterocycles. The molecule has 0 aliphatic carbocycles. The number of amides is 2. The summed E-state index contributed by atoms with van der Waals surface area (Å²) in [5.74, 6) is 0. The third-order valence-electron chi connectivity index (χ3n) is 5.21. The Morgan fingerprint density at radius 3 is 2.30 bits per heavy atom. The average molecular weight is 402 g/mol. The lowest BCUT2D eigenvalue weighted by molar-refractivity contribution is 0.168. The zero-order valence-corrected chi connectivity index (χ0v) is 18.0. The maximum atomic E-state index is 12.8. The molecule has 1 heterocycles. The summed E-state index contributed by atoms with van der Waals surface area (Å²) in [6.45, 7) is 12.9. The Morgan fingerprint density at radius 1 is 1.03 bits per heavy atom. The van der Waals surface area contributed by atoms with Crippen LogP contribution in [0.15, 0.2) is 55.0 Å². The minimum atomic E-state index is -0.0399. The number of hydrogen-bond acceptors (Lipinski definition) is 2. The summed E-state index contributed by atoms with van der Waals surface area (Å²) in [7, 11) is 3.63. The summed E-state index contributed by atoms with van der Waals surface area (Å²) in [5, 5.41) is 0. The summed E-state index contributed by atoms with van der Waals surface area (Å²) in [5.41, 5.74) is 6.15. The zero-order valence-electron chi connectivity index (χ0n) is 18.0. The van der Waals surface area contributed by atoms with E-state index in [4.69, 9.17) is 6.57 Å². The predicted octanol–water partition coefficient (Wildman–Crippen LogP) is 4.78. The van der Waals surface area contributed by atoms with Crippen LogP contribution in [0.5, 0.6) is 0 Å². The molecule has 0 bridgehead atoms. The van der Waals surface area contributed by atoms with Crippen LogP contribution in [0.4, 0.5) is 10.5 Å². The predicted molar refractivity (Wildman–Crippen MR) is 118 cm³/mol. The highest BCUT2D eigenvalue weighted by molar-refractivity contribution is 5.73. The molecular weight excluding hydrogens is 374 g/mol. The van der Waals surface area contributed by atoms with Crippen LogP contribution in [-0.4, -0.2) is 39.5 Å². The molecule has 0 aliphatic heterocycles. The molecule has 6 heteroatoms. The minimum absolute atomic E-state index is 0.0399. The fourth-order valence-electron chi connectivity index (χ4n) is 3.47. The van der Waals surface area contributed by atoms with Gasteiger partial charge in [-0.25, -0.2) is 14.6 Å². The van der Waals surface area contributed by atoms with Crippen molar-refractivity contribution in [2.24, 2.45) is 0 Å². The van der Waals surface area contributed by atoms with E-state index in [1.165, 1.54) is 16.7 Å². The molecule has 0 spiro atoms. The molecule has 3 rings (SSSR count). The molecule has 154 valence electrons. The van der Waals surface area contributed by atoms with Crippen molar-refractivity contribution in [3.63, 3.8) is 0 Å². The molecule has 3 aromatic rings. The Kier molecular flexibility index (Phi) is 6.53. The number of benzene rings is 2. The van der Waals surface area contributed by atoms with Gasteiger partial charge < -0.3 is 14.4 Å². The van der Waals surface area contributed by atoms with Crippen molar-refractivity contribution in [1.82, 2.24) is 19.4 Å². The van der Waals surface area contributed by atoms with Crippen LogP contribution in [0.25, 0.3) is 4.85 Å². The highest BCUT2D eigenvalue weighted by atomic mass is 16.2. The molecule has 2 amide bonds. The van der Waals surface area contributed by atoms with Crippen LogP contribution in [0.3, 0.4) is 0 Å². The van der Waals surface area contributed by atoms with Gasteiger partial charge >= 0.3 is 6.03 Å². The Morgan fingerprint density at radius 2 is 1.67 bits per heavy atom. The molecule has 1 aromatic heterocycles. The summed E-state index contributed by atoms with van der Waals surface area (Å²) in [6, 6.07) is 13.7. The van der Waals surface area contributed by atoms with Crippen LogP contribution < -0.4 is 0 Å². The highest BCUT2D eigenvalue weighted by Gasteiger charge is 2.17. The number of hydrogen-bond donors (Lipinski definition) is 0. The summed E-state index contributed by atoms with van der Waals surface area (Å²) in [6.07, 6.45) is 3.73. The number of aromatic nitrogens is 2. The second-order valence-corrected chi connectivity index (χ2v) is 7.68. The van der Waals surface area contributed by atoms with Crippen molar-refractivity contribution in [2.75, 3.05) is 14.1 Å². The quantitative estimate of drug-likeness (QED) is 0.558. The lowest BCUT2D eigenvalue weighted by atomic mass is 10.0. The fraction of sp³-hybridized carbons (Fsp3) is 0.292. The summed E-state index contributed by atoms with van der Waals surface area (Å²) < 4.78 is 1.99. The van der Waals surface area contributed by atoms with Crippen molar-refractivity contribution in [3.8, 4) is 0 Å². The van der Waals surface area contributed by atoms with Gasteiger partial charge in [0, 0.05) is 33.4 Å². The number of carbonyl (C=O) groups excluding carboxylic acids is 1. The molecule has 0 N–H and O–H groups in total. The molecule has 0 saturated carbocycles. The maximum absolute atomic E-state index is 12.8. The average Bonchev–Trinajstić information content (AvgIpc) is 3.17. The first-order valence-electron chi connectivity index (χ1n) is 9.85. The van der Waals surface area contributed by atoms with E-state index >= 15 is 0 Å². The third-order valence-corrected chi connectivity index (χ3v) is 5.21. The van der Waals surface area contributed by atoms with Gasteiger partial charge in [0.2, 0.25) is 0 Å². The molecule has 2 aromatic carbocycles. The smallest absolute Gasteiger partial charge is 0.320 e. The molecule has 30 heavy (non-hydrogen) atoms. The van der Waals surface area contributed by atoms with Crippen LogP contribution in [0.2, 0.25) is 0 Å². The van der Waals surface area contributed by atoms with Crippen LogP contribution >= 0.6 is 0 Å². The van der Waals surface area contributed by atoms with E-state index in [9.17, 15) is 4.79 Å². The van der Waals surface area contributed by atoms with E-state index in [2.05, 4.69) is 35.8 Å². The minimum Gasteiger partial charge on any atom is -0.333 e. The van der Waals surface area contributed by atoms with Gasteiger partial charge in [-0.15, -0.1) is 0 Å². The number of nitrogens with zero attached hydrogens (tertiary/aromatic N) is 5. The number of rotatable bonds is 6. The van der Waals surface area contributed by atoms with Crippen LogP contribution in [0.1, 0.15) is 27.9 Å². The first-order chi connectivity index (χ1) is 14.4. The maximum Gasteiger partial charge on any atom is 0.320 e. The molecule has 0 unspecified atom stereocenters. The van der Waals surface area contributed by atoms with Crippen molar-refractivity contribution < 1.29 is 4.79 Å². The Hall–Kier alpha value is -3.59. The fourth-order valence-corrected chi connectivity index (χ4v) is 3.47. The van der Waals surface area contributed by atoms with Gasteiger partial charge in [-0.05, 0) is 36.1 Å². The summed E-state index contributed by atoms with van der Waals surface area (Å²) in [4.78, 5) is 24.1. The van der Waals surface area contributed by atoms with Crippen molar-refractivity contribution in [1.29, 1.82) is 0 Å². The van der Waals surface area contributed by atoms with E-state index in [-0.39, 0.29) is 6.03 Å². The monoisotopic (exact) mass is 401 g/mol. The molecule has 0 aliphatic rings. The SMILES string of the molecule is [C-]#[N+]c1ccc(Cn2cnc(CN(C)C(=O)N(C)Cc3c(C)cccc3C)c2)cc1. The number of aryl methyl sites for hydroxylation is 2. The topological polar surface area (TPSA) is 45.7 Å². The molecule has 0 radical (unpaired) electrons. The van der Waals surface area contributed by atoms with E-state index in [0.29, 0.717) is 25.3 Å². The van der Waals surface area contributed by atoms with Gasteiger partial charge in [-0.2, -0.15) is 0 Å². The van der Waals surface area contributed by atoms with Gasteiger partial charge in [0.1, 0.15) is 0 Å². The Balaban J connectivity index is 1.59. The molecular formula is C24H27N5O. The largest absolute Gasteiger partial charge is 0.333 e. The van der Waals surface area contributed by atoms with Crippen molar-refractivity contribution in [2.45, 2.75) is 33.5 Å². The third kappa shape index (κ3) is 5.06. The number of imidazole rings is 1. The van der Waals surface area contributed by atoms with Gasteiger partial charge in [0.05, 0.1) is 25.1 Å². The molecule has 6 nitrogen and oxygen atoms in total. The first-order valence-corrected chi connectivity index (χ1v) is 9.85. The number of carbonyl (C=O) groups is 1. The highest BCUT2D eigenvalue weighted by Crippen LogP contribution is 2.17. The van der Waals surface area contributed by atoms with Gasteiger partial charge in [0.15, 0.2) is 5.69 Å². The van der Waals surface area contributed by atoms with Gasteiger partial charge in [-0.3, -0.25) is 0 Å². The van der Waals surface area contributed by atoms with Gasteiger partial charge in [0.25, 0.3) is 0 Å². The first kappa shape index (κ1) is 21.1. The number of urea groups is 1. The van der Waals surface area contributed by atoms with E-state index in [1.807, 2.05) is 48.1 Å². The van der Waals surface area contributed by atoms with Crippen LogP contribution in [-0.2, 0) is 19.6 Å². The molecule has 0 atom stereocenters. The zero-order chi connectivity index (χ0) is 21.7. The molecule has 0 fully saturated rings. The lowest BCUT2D eigenvalue weighted by Crippen LogP contribution is -2.38. The van der Waals surface area contributed by atoms with Crippen molar-refractivity contribution in [3.05, 3.63) is 94.4 Å². The van der Waals surface area contributed by atoms with Crippen LogP contribution in [0, 0.1) is 20.4 Å². The van der Waals surface area contributed by atoms with Gasteiger partial charge in [-0.1, -0.05) is 42.5 Å².